The second-order valence-corrected chi connectivity index (χ2v) is 5.45. The van der Waals surface area contributed by atoms with Gasteiger partial charge in [0.05, 0.1) is 12.8 Å². The molecular formula is C14H15NO2S. The van der Waals surface area contributed by atoms with E-state index in [-0.39, 0.29) is 0 Å². The van der Waals surface area contributed by atoms with E-state index in [2.05, 4.69) is 4.98 Å². The molecule has 0 aliphatic carbocycles. The number of thiazole rings is 1. The first-order valence-electron chi connectivity index (χ1n) is 5.65. The van der Waals surface area contributed by atoms with Crippen LogP contribution in [0.25, 0.3) is 11.3 Å². The Bertz CT molecular complexity index is 579. The molecule has 1 aromatic carbocycles. The molecule has 0 atom stereocenters. The number of benzene rings is 1. The molecule has 1 aromatic heterocycles. The molecule has 0 fully saturated rings. The third-order valence-electron chi connectivity index (χ3n) is 2.85. The number of carbonyl (C=O) groups is 1. The normalized spacial score (nSPS) is 10.4. The average molecular weight is 261 g/mol. The summed E-state index contributed by atoms with van der Waals surface area (Å²) in [5.74, 6) is 0.905. The summed E-state index contributed by atoms with van der Waals surface area (Å²) < 4.78 is 5.35. The van der Waals surface area contributed by atoms with Gasteiger partial charge in [-0.15, -0.1) is 11.3 Å². The molecule has 0 saturated heterocycles. The summed E-state index contributed by atoms with van der Waals surface area (Å²) in [6.07, 6.45) is 0.796. The smallest absolute Gasteiger partial charge is 0.178 e. The van der Waals surface area contributed by atoms with E-state index >= 15 is 0 Å². The highest BCUT2D eigenvalue weighted by Gasteiger charge is 2.12. The lowest BCUT2D eigenvalue weighted by atomic mass is 10.0. The number of aromatic nitrogens is 1. The summed E-state index contributed by atoms with van der Waals surface area (Å²) in [6, 6.07) is 4.09. The van der Waals surface area contributed by atoms with Crippen LogP contribution >= 0.6 is 11.3 Å². The molecule has 0 bridgehead atoms. The standard InChI is InChI=1S/C14H15NO2S/c1-8-5-11(6-9(2)14(8)17-4)13-10(3)18-12(7-16)15-13/h5-7H,1-4H3. The molecule has 1 heterocycles. The van der Waals surface area contributed by atoms with E-state index in [1.165, 1.54) is 11.3 Å². The first kappa shape index (κ1) is 12.8. The summed E-state index contributed by atoms with van der Waals surface area (Å²) in [4.78, 5) is 16.2. The lowest BCUT2D eigenvalue weighted by Crippen LogP contribution is -1.93. The van der Waals surface area contributed by atoms with E-state index < -0.39 is 0 Å². The van der Waals surface area contributed by atoms with Crippen LogP contribution in [0.2, 0.25) is 0 Å². The molecule has 0 spiro atoms. The van der Waals surface area contributed by atoms with Crippen molar-refractivity contribution < 1.29 is 9.53 Å². The number of rotatable bonds is 3. The van der Waals surface area contributed by atoms with Crippen LogP contribution in [0.5, 0.6) is 5.75 Å². The number of ether oxygens (including phenoxy) is 1. The molecule has 3 nitrogen and oxygen atoms in total. The Morgan fingerprint density at radius 3 is 2.28 bits per heavy atom. The van der Waals surface area contributed by atoms with Crippen molar-refractivity contribution in [1.29, 1.82) is 0 Å². The van der Waals surface area contributed by atoms with Crippen LogP contribution in [-0.4, -0.2) is 18.4 Å². The minimum absolute atomic E-state index is 0.522. The minimum Gasteiger partial charge on any atom is -0.496 e. The lowest BCUT2D eigenvalue weighted by molar-refractivity contribution is 0.112. The van der Waals surface area contributed by atoms with E-state index in [4.69, 9.17) is 4.74 Å². The van der Waals surface area contributed by atoms with Crippen molar-refractivity contribution in [3.05, 3.63) is 33.1 Å². The molecule has 18 heavy (non-hydrogen) atoms. The van der Waals surface area contributed by atoms with Gasteiger partial charge in [0.2, 0.25) is 0 Å². The molecule has 4 heteroatoms. The summed E-state index contributed by atoms with van der Waals surface area (Å²) in [6.45, 7) is 6.00. The maximum atomic E-state index is 10.8. The molecular weight excluding hydrogens is 246 g/mol. The van der Waals surface area contributed by atoms with Gasteiger partial charge in [0, 0.05) is 10.4 Å². The largest absolute Gasteiger partial charge is 0.496 e. The highest BCUT2D eigenvalue weighted by Crippen LogP contribution is 2.32. The van der Waals surface area contributed by atoms with Crippen LogP contribution in [-0.2, 0) is 0 Å². The number of carbonyl (C=O) groups excluding carboxylic acids is 1. The Morgan fingerprint density at radius 1 is 1.22 bits per heavy atom. The lowest BCUT2D eigenvalue weighted by Gasteiger charge is -2.10. The third-order valence-corrected chi connectivity index (χ3v) is 3.75. The number of aldehydes is 1. The van der Waals surface area contributed by atoms with Crippen molar-refractivity contribution in [1.82, 2.24) is 4.98 Å². The fourth-order valence-corrected chi connectivity index (χ4v) is 2.90. The maximum Gasteiger partial charge on any atom is 0.178 e. The van der Waals surface area contributed by atoms with Gasteiger partial charge in [-0.1, -0.05) is 0 Å². The zero-order valence-electron chi connectivity index (χ0n) is 10.9. The first-order chi connectivity index (χ1) is 8.56. The number of hydrogen-bond acceptors (Lipinski definition) is 4. The van der Waals surface area contributed by atoms with E-state index in [0.29, 0.717) is 5.01 Å². The summed E-state index contributed by atoms with van der Waals surface area (Å²) >= 11 is 1.42. The summed E-state index contributed by atoms with van der Waals surface area (Å²) in [7, 11) is 1.67. The Hall–Kier alpha value is -1.68. The number of methoxy groups -OCH3 is 1. The highest BCUT2D eigenvalue weighted by molar-refractivity contribution is 7.13. The van der Waals surface area contributed by atoms with E-state index in [0.717, 1.165) is 39.3 Å². The molecule has 0 unspecified atom stereocenters. The average Bonchev–Trinajstić information content (AvgIpc) is 2.70. The fraction of sp³-hybridized carbons (Fsp3) is 0.286. The predicted molar refractivity (Wildman–Crippen MR) is 73.7 cm³/mol. The van der Waals surface area contributed by atoms with Crippen molar-refractivity contribution in [2.24, 2.45) is 0 Å². The van der Waals surface area contributed by atoms with Crippen molar-refractivity contribution in [2.75, 3.05) is 7.11 Å². The van der Waals surface area contributed by atoms with Crippen LogP contribution in [0, 0.1) is 20.8 Å². The minimum atomic E-state index is 0.522. The van der Waals surface area contributed by atoms with Gasteiger partial charge in [-0.25, -0.2) is 4.98 Å². The number of aryl methyl sites for hydroxylation is 3. The quantitative estimate of drug-likeness (QED) is 0.793. The molecule has 0 aliphatic rings. The van der Waals surface area contributed by atoms with Gasteiger partial charge in [0.15, 0.2) is 11.3 Å². The van der Waals surface area contributed by atoms with Crippen LogP contribution in [0.4, 0.5) is 0 Å². The van der Waals surface area contributed by atoms with Gasteiger partial charge in [-0.2, -0.15) is 0 Å². The Kier molecular flexibility index (Phi) is 3.48. The maximum absolute atomic E-state index is 10.8. The second-order valence-electron chi connectivity index (χ2n) is 4.22. The molecule has 2 rings (SSSR count). The number of hydrogen-bond donors (Lipinski definition) is 0. The zero-order valence-corrected chi connectivity index (χ0v) is 11.7. The third kappa shape index (κ3) is 2.16. The second kappa shape index (κ2) is 4.90. The Balaban J connectivity index is 2.57. The molecule has 0 N–H and O–H groups in total. The van der Waals surface area contributed by atoms with Gasteiger partial charge < -0.3 is 4.74 Å². The molecule has 0 amide bonds. The molecule has 2 aromatic rings. The molecule has 0 radical (unpaired) electrons. The van der Waals surface area contributed by atoms with E-state index in [9.17, 15) is 4.79 Å². The summed E-state index contributed by atoms with van der Waals surface area (Å²) in [5.41, 5.74) is 4.07. The van der Waals surface area contributed by atoms with E-state index in [1.54, 1.807) is 7.11 Å². The van der Waals surface area contributed by atoms with Crippen molar-refractivity contribution in [3.63, 3.8) is 0 Å². The molecule has 0 saturated carbocycles. The molecule has 94 valence electrons. The van der Waals surface area contributed by atoms with Crippen LogP contribution < -0.4 is 4.74 Å². The first-order valence-corrected chi connectivity index (χ1v) is 6.46. The van der Waals surface area contributed by atoms with E-state index in [1.807, 2.05) is 32.9 Å². The van der Waals surface area contributed by atoms with Crippen molar-refractivity contribution >= 4 is 17.6 Å². The van der Waals surface area contributed by atoms with Crippen LogP contribution in [0.15, 0.2) is 12.1 Å². The van der Waals surface area contributed by atoms with Crippen molar-refractivity contribution in [2.45, 2.75) is 20.8 Å². The monoisotopic (exact) mass is 261 g/mol. The van der Waals surface area contributed by atoms with Crippen LogP contribution in [0.1, 0.15) is 25.8 Å². The number of nitrogens with zero attached hydrogens (tertiary/aromatic N) is 1. The van der Waals surface area contributed by atoms with Gasteiger partial charge in [-0.05, 0) is 44.0 Å². The fourth-order valence-electron chi connectivity index (χ4n) is 2.14. The Labute approximate surface area is 110 Å². The van der Waals surface area contributed by atoms with Gasteiger partial charge in [-0.3, -0.25) is 4.79 Å². The summed E-state index contributed by atoms with van der Waals surface area (Å²) in [5, 5.41) is 0.522. The topological polar surface area (TPSA) is 39.2 Å². The van der Waals surface area contributed by atoms with Gasteiger partial charge in [0.25, 0.3) is 0 Å². The Morgan fingerprint density at radius 2 is 1.83 bits per heavy atom. The van der Waals surface area contributed by atoms with Crippen LogP contribution in [0.3, 0.4) is 0 Å². The van der Waals surface area contributed by atoms with Gasteiger partial charge in [0.1, 0.15) is 5.75 Å². The molecule has 0 aliphatic heterocycles. The highest BCUT2D eigenvalue weighted by atomic mass is 32.1. The predicted octanol–water partition coefficient (Wildman–Crippen LogP) is 3.56. The van der Waals surface area contributed by atoms with Gasteiger partial charge >= 0.3 is 0 Å². The SMILES string of the molecule is COc1c(C)cc(-c2nc(C=O)sc2C)cc1C. The van der Waals surface area contributed by atoms with Crippen molar-refractivity contribution in [3.8, 4) is 17.0 Å². The zero-order chi connectivity index (χ0) is 13.3.